The predicted octanol–water partition coefficient (Wildman–Crippen LogP) is 2.45. The minimum absolute atomic E-state index is 0.200. The number of sulfonamides is 1. The van der Waals surface area contributed by atoms with Crippen LogP contribution < -0.4 is 19.7 Å². The number of amides is 2. The molecular formula is C19H23N3O5S. The van der Waals surface area contributed by atoms with Gasteiger partial charge in [-0.25, -0.2) is 8.42 Å². The van der Waals surface area contributed by atoms with Gasteiger partial charge in [0.15, 0.2) is 0 Å². The summed E-state index contributed by atoms with van der Waals surface area (Å²) in [4.78, 5) is 23.5. The van der Waals surface area contributed by atoms with Crippen LogP contribution in [-0.2, 0) is 19.6 Å². The zero-order valence-corrected chi connectivity index (χ0v) is 16.7. The van der Waals surface area contributed by atoms with E-state index >= 15 is 0 Å². The Morgan fingerprint density at radius 3 is 2.11 bits per heavy atom. The van der Waals surface area contributed by atoms with Crippen molar-refractivity contribution < 1.29 is 22.7 Å². The molecule has 0 aromatic heterocycles. The molecule has 2 N–H and O–H groups in total. The Kier molecular flexibility index (Phi) is 7.00. The monoisotopic (exact) mass is 405 g/mol. The highest BCUT2D eigenvalue weighted by Crippen LogP contribution is 2.29. The molecule has 2 aromatic rings. The SMILES string of the molecule is CCOc1ccccc1N(CC(=O)Nc1ccc(NC(C)=O)cc1)S(C)(=O)=O. The predicted molar refractivity (Wildman–Crippen MR) is 109 cm³/mol. The number of hydrogen-bond acceptors (Lipinski definition) is 5. The fourth-order valence-corrected chi connectivity index (χ4v) is 3.35. The van der Waals surface area contributed by atoms with E-state index in [2.05, 4.69) is 10.6 Å². The molecule has 0 aliphatic carbocycles. The van der Waals surface area contributed by atoms with E-state index in [1.807, 2.05) is 0 Å². The summed E-state index contributed by atoms with van der Waals surface area (Å²) in [7, 11) is -3.72. The number of benzene rings is 2. The highest BCUT2D eigenvalue weighted by molar-refractivity contribution is 7.92. The van der Waals surface area contributed by atoms with E-state index in [1.54, 1.807) is 55.5 Å². The molecule has 0 aliphatic heterocycles. The van der Waals surface area contributed by atoms with Gasteiger partial charge in [0.2, 0.25) is 21.8 Å². The number of hydrogen-bond donors (Lipinski definition) is 2. The minimum Gasteiger partial charge on any atom is -0.492 e. The molecule has 0 radical (unpaired) electrons. The lowest BCUT2D eigenvalue weighted by atomic mass is 10.2. The Balaban J connectivity index is 2.17. The first kappa shape index (κ1) is 21.2. The van der Waals surface area contributed by atoms with Crippen molar-refractivity contribution in [2.75, 3.05) is 34.3 Å². The van der Waals surface area contributed by atoms with Crippen LogP contribution >= 0.6 is 0 Å². The average molecular weight is 405 g/mol. The molecule has 0 fully saturated rings. The van der Waals surface area contributed by atoms with Gasteiger partial charge in [-0.3, -0.25) is 13.9 Å². The highest BCUT2D eigenvalue weighted by Gasteiger charge is 2.23. The van der Waals surface area contributed by atoms with Gasteiger partial charge in [0.25, 0.3) is 0 Å². The highest BCUT2D eigenvalue weighted by atomic mass is 32.2. The summed E-state index contributed by atoms with van der Waals surface area (Å²) in [5.41, 5.74) is 1.36. The van der Waals surface area contributed by atoms with Gasteiger partial charge in [0, 0.05) is 18.3 Å². The minimum atomic E-state index is -3.72. The number of nitrogens with zero attached hydrogens (tertiary/aromatic N) is 1. The lowest BCUT2D eigenvalue weighted by Gasteiger charge is -2.24. The first-order chi connectivity index (χ1) is 13.2. The van der Waals surface area contributed by atoms with Crippen LogP contribution in [0.1, 0.15) is 13.8 Å². The molecule has 2 aromatic carbocycles. The first-order valence-electron chi connectivity index (χ1n) is 8.57. The number of ether oxygens (including phenoxy) is 1. The van der Waals surface area contributed by atoms with Gasteiger partial charge in [-0.05, 0) is 43.3 Å². The maximum absolute atomic E-state index is 12.4. The Labute approximate surface area is 164 Å². The Hall–Kier alpha value is -3.07. The quantitative estimate of drug-likeness (QED) is 0.702. The molecule has 0 unspecified atom stereocenters. The van der Waals surface area contributed by atoms with E-state index in [-0.39, 0.29) is 5.91 Å². The third kappa shape index (κ3) is 5.98. The molecule has 2 rings (SSSR count). The molecule has 0 atom stereocenters. The molecule has 0 saturated carbocycles. The van der Waals surface area contributed by atoms with Crippen molar-refractivity contribution in [2.45, 2.75) is 13.8 Å². The molecular weight excluding hydrogens is 382 g/mol. The maximum atomic E-state index is 12.4. The summed E-state index contributed by atoms with van der Waals surface area (Å²) in [5.74, 6) is -0.333. The zero-order valence-electron chi connectivity index (χ0n) is 15.9. The largest absolute Gasteiger partial charge is 0.492 e. The second-order valence-corrected chi connectivity index (χ2v) is 7.88. The number of para-hydroxylation sites is 2. The normalized spacial score (nSPS) is 10.8. The van der Waals surface area contributed by atoms with Gasteiger partial charge >= 0.3 is 0 Å². The standard InChI is InChI=1S/C19H23N3O5S/c1-4-27-18-8-6-5-7-17(18)22(28(3,25)26)13-19(24)21-16-11-9-15(10-12-16)20-14(2)23/h5-12H,4,13H2,1-3H3,(H,20,23)(H,21,24). The zero-order chi connectivity index (χ0) is 20.7. The Morgan fingerprint density at radius 1 is 1.00 bits per heavy atom. The fourth-order valence-electron chi connectivity index (χ4n) is 2.49. The first-order valence-corrected chi connectivity index (χ1v) is 10.4. The molecule has 2 amide bonds. The summed E-state index contributed by atoms with van der Waals surface area (Å²) in [6.07, 6.45) is 1.03. The maximum Gasteiger partial charge on any atom is 0.245 e. The van der Waals surface area contributed by atoms with E-state index in [9.17, 15) is 18.0 Å². The van der Waals surface area contributed by atoms with Gasteiger partial charge in [0.05, 0.1) is 18.6 Å². The third-order valence-electron chi connectivity index (χ3n) is 3.61. The van der Waals surface area contributed by atoms with Gasteiger partial charge in [-0.2, -0.15) is 0 Å². The summed E-state index contributed by atoms with van der Waals surface area (Å²) >= 11 is 0. The van der Waals surface area contributed by atoms with E-state index in [0.29, 0.717) is 29.4 Å². The topological polar surface area (TPSA) is 105 Å². The molecule has 0 aliphatic rings. The summed E-state index contributed by atoms with van der Waals surface area (Å²) in [6.45, 7) is 3.15. The number of carbonyl (C=O) groups is 2. The van der Waals surface area contributed by atoms with Crippen LogP contribution in [0.4, 0.5) is 17.1 Å². The smallest absolute Gasteiger partial charge is 0.245 e. The molecule has 28 heavy (non-hydrogen) atoms. The van der Waals surface area contributed by atoms with Crippen LogP contribution in [0.5, 0.6) is 5.75 Å². The van der Waals surface area contributed by atoms with E-state index in [0.717, 1.165) is 10.6 Å². The molecule has 0 heterocycles. The van der Waals surface area contributed by atoms with Crippen LogP contribution in [0.3, 0.4) is 0 Å². The molecule has 8 nitrogen and oxygen atoms in total. The van der Waals surface area contributed by atoms with Crippen molar-refractivity contribution in [3.63, 3.8) is 0 Å². The lowest BCUT2D eigenvalue weighted by molar-refractivity contribution is -0.115. The van der Waals surface area contributed by atoms with Crippen molar-refractivity contribution >= 4 is 38.9 Å². The molecule has 150 valence electrons. The van der Waals surface area contributed by atoms with Gasteiger partial charge in [-0.1, -0.05) is 12.1 Å². The van der Waals surface area contributed by atoms with Crippen molar-refractivity contribution in [3.8, 4) is 5.75 Å². The molecule has 0 spiro atoms. The lowest BCUT2D eigenvalue weighted by Crippen LogP contribution is -2.37. The molecule has 9 heteroatoms. The van der Waals surface area contributed by atoms with Crippen LogP contribution in [-0.4, -0.2) is 39.6 Å². The average Bonchev–Trinajstić information content (AvgIpc) is 2.61. The van der Waals surface area contributed by atoms with Crippen LogP contribution in [0, 0.1) is 0 Å². The van der Waals surface area contributed by atoms with Crippen LogP contribution in [0.25, 0.3) is 0 Å². The number of anilines is 3. The summed E-state index contributed by atoms with van der Waals surface area (Å²) in [5, 5.41) is 5.27. The second-order valence-electron chi connectivity index (χ2n) is 5.98. The number of carbonyl (C=O) groups excluding carboxylic acids is 2. The van der Waals surface area contributed by atoms with Crippen molar-refractivity contribution in [3.05, 3.63) is 48.5 Å². The van der Waals surface area contributed by atoms with Crippen molar-refractivity contribution in [1.82, 2.24) is 0 Å². The number of rotatable bonds is 8. The van der Waals surface area contributed by atoms with Crippen LogP contribution in [0.2, 0.25) is 0 Å². The van der Waals surface area contributed by atoms with Crippen molar-refractivity contribution in [2.24, 2.45) is 0 Å². The second kappa shape index (κ2) is 9.23. The number of nitrogens with one attached hydrogen (secondary N) is 2. The van der Waals surface area contributed by atoms with E-state index < -0.39 is 22.5 Å². The van der Waals surface area contributed by atoms with Gasteiger partial charge in [-0.15, -0.1) is 0 Å². The van der Waals surface area contributed by atoms with Gasteiger partial charge in [0.1, 0.15) is 12.3 Å². The van der Waals surface area contributed by atoms with Crippen LogP contribution in [0.15, 0.2) is 48.5 Å². The Bertz CT molecular complexity index is 942. The summed E-state index contributed by atoms with van der Waals surface area (Å²) in [6, 6.07) is 13.1. The van der Waals surface area contributed by atoms with E-state index in [4.69, 9.17) is 4.74 Å². The fraction of sp³-hybridized carbons (Fsp3) is 0.263. The Morgan fingerprint density at radius 2 is 1.57 bits per heavy atom. The molecule has 0 saturated heterocycles. The molecule has 0 bridgehead atoms. The van der Waals surface area contributed by atoms with Gasteiger partial charge < -0.3 is 15.4 Å². The van der Waals surface area contributed by atoms with E-state index in [1.165, 1.54) is 6.92 Å². The summed E-state index contributed by atoms with van der Waals surface area (Å²) < 4.78 is 31.0. The third-order valence-corrected chi connectivity index (χ3v) is 4.74. The van der Waals surface area contributed by atoms with Crippen molar-refractivity contribution in [1.29, 1.82) is 0 Å².